The second-order valence-electron chi connectivity index (χ2n) is 7.88. The van der Waals surface area contributed by atoms with Gasteiger partial charge < -0.3 is 9.88 Å². The summed E-state index contributed by atoms with van der Waals surface area (Å²) in [5.41, 5.74) is 2.20. The van der Waals surface area contributed by atoms with E-state index in [4.69, 9.17) is 4.98 Å². The molecule has 2 rings (SSSR count). The van der Waals surface area contributed by atoms with E-state index in [-0.39, 0.29) is 5.91 Å². The molecule has 4 heteroatoms. The van der Waals surface area contributed by atoms with Crippen molar-refractivity contribution in [2.75, 3.05) is 0 Å². The van der Waals surface area contributed by atoms with Crippen molar-refractivity contribution in [3.63, 3.8) is 0 Å². The smallest absolute Gasteiger partial charge is 0.220 e. The minimum absolute atomic E-state index is 0.111. The lowest BCUT2D eigenvalue weighted by Gasteiger charge is -2.10. The van der Waals surface area contributed by atoms with Crippen LogP contribution in [0.15, 0.2) is 24.3 Å². The highest BCUT2D eigenvalue weighted by molar-refractivity contribution is 5.77. The monoisotopic (exact) mass is 385 g/mol. The average molecular weight is 386 g/mol. The minimum Gasteiger partial charge on any atom is -0.349 e. The third-order valence-electron chi connectivity index (χ3n) is 5.39. The van der Waals surface area contributed by atoms with E-state index in [9.17, 15) is 4.79 Å². The van der Waals surface area contributed by atoms with Crippen LogP contribution < -0.4 is 5.32 Å². The van der Waals surface area contributed by atoms with Crippen LogP contribution in [0.5, 0.6) is 0 Å². The number of fused-ring (bicyclic) bond motifs is 1. The molecule has 0 atom stereocenters. The van der Waals surface area contributed by atoms with Crippen LogP contribution in [-0.2, 0) is 17.9 Å². The van der Waals surface area contributed by atoms with Crippen LogP contribution in [0.2, 0.25) is 0 Å². The molecule has 1 aromatic carbocycles. The standard InChI is InChI=1S/C24H39N3O/c1-3-5-6-7-8-9-10-11-12-15-19-27-22-18-14-13-17-21(22)26-23(27)20-25-24(28)16-4-2/h13-14,17-18H,3-12,15-16,19-20H2,1-2H3,(H,25,28). The van der Waals surface area contributed by atoms with Gasteiger partial charge >= 0.3 is 0 Å². The molecule has 0 spiro atoms. The predicted octanol–water partition coefficient (Wildman–Crippen LogP) is 6.37. The van der Waals surface area contributed by atoms with Gasteiger partial charge in [-0.2, -0.15) is 0 Å². The van der Waals surface area contributed by atoms with E-state index in [1.165, 1.54) is 69.7 Å². The summed E-state index contributed by atoms with van der Waals surface area (Å²) in [4.78, 5) is 16.6. The molecule has 0 aliphatic carbocycles. The number of benzene rings is 1. The number of rotatable bonds is 15. The van der Waals surface area contributed by atoms with Crippen molar-refractivity contribution in [1.29, 1.82) is 0 Å². The molecule has 1 heterocycles. The number of hydrogen-bond donors (Lipinski definition) is 1. The van der Waals surface area contributed by atoms with E-state index >= 15 is 0 Å². The lowest BCUT2D eigenvalue weighted by molar-refractivity contribution is -0.121. The van der Waals surface area contributed by atoms with Gasteiger partial charge in [-0.3, -0.25) is 4.79 Å². The number of aromatic nitrogens is 2. The van der Waals surface area contributed by atoms with Crippen molar-refractivity contribution in [3.8, 4) is 0 Å². The Morgan fingerprint density at radius 2 is 1.54 bits per heavy atom. The molecule has 0 aliphatic rings. The molecule has 0 radical (unpaired) electrons. The predicted molar refractivity (Wildman–Crippen MR) is 118 cm³/mol. The lowest BCUT2D eigenvalue weighted by atomic mass is 10.1. The van der Waals surface area contributed by atoms with Gasteiger partial charge in [-0.1, -0.05) is 83.8 Å². The number of nitrogens with zero attached hydrogens (tertiary/aromatic N) is 2. The third kappa shape index (κ3) is 7.65. The van der Waals surface area contributed by atoms with Gasteiger partial charge in [0.25, 0.3) is 0 Å². The van der Waals surface area contributed by atoms with E-state index in [0.29, 0.717) is 13.0 Å². The summed E-state index contributed by atoms with van der Waals surface area (Å²) in [6.07, 6.45) is 14.9. The number of aryl methyl sites for hydroxylation is 1. The molecule has 28 heavy (non-hydrogen) atoms. The highest BCUT2D eigenvalue weighted by Crippen LogP contribution is 2.18. The first-order chi connectivity index (χ1) is 13.8. The zero-order valence-corrected chi connectivity index (χ0v) is 18.0. The van der Waals surface area contributed by atoms with E-state index in [1.807, 2.05) is 13.0 Å². The molecular formula is C24H39N3O. The second kappa shape index (κ2) is 13.4. The molecule has 156 valence electrons. The Bertz CT molecular complexity index is 692. The van der Waals surface area contributed by atoms with E-state index < -0.39 is 0 Å². The summed E-state index contributed by atoms with van der Waals surface area (Å²) in [5.74, 6) is 1.08. The zero-order valence-electron chi connectivity index (χ0n) is 18.0. The van der Waals surface area contributed by atoms with Gasteiger partial charge in [0, 0.05) is 13.0 Å². The number of para-hydroxylation sites is 2. The molecule has 0 aliphatic heterocycles. The Morgan fingerprint density at radius 3 is 2.21 bits per heavy atom. The maximum atomic E-state index is 11.8. The summed E-state index contributed by atoms with van der Waals surface area (Å²) < 4.78 is 2.30. The maximum Gasteiger partial charge on any atom is 0.220 e. The van der Waals surface area contributed by atoms with Crippen LogP contribution in [0.1, 0.15) is 96.7 Å². The van der Waals surface area contributed by atoms with Crippen molar-refractivity contribution in [3.05, 3.63) is 30.1 Å². The van der Waals surface area contributed by atoms with E-state index in [2.05, 4.69) is 35.0 Å². The highest BCUT2D eigenvalue weighted by atomic mass is 16.1. The van der Waals surface area contributed by atoms with Crippen molar-refractivity contribution in [2.45, 2.75) is 104 Å². The Balaban J connectivity index is 1.77. The quantitative estimate of drug-likeness (QED) is 0.362. The van der Waals surface area contributed by atoms with Gasteiger partial charge in [0.15, 0.2) is 0 Å². The fourth-order valence-electron chi connectivity index (χ4n) is 3.76. The SMILES string of the molecule is CCCCCCCCCCCCn1c(CNC(=O)CCC)nc2ccccc21. The van der Waals surface area contributed by atoms with Crippen molar-refractivity contribution in [2.24, 2.45) is 0 Å². The van der Waals surface area contributed by atoms with Crippen LogP contribution in [0.3, 0.4) is 0 Å². The van der Waals surface area contributed by atoms with Gasteiger partial charge in [-0.05, 0) is 25.0 Å². The number of carbonyl (C=O) groups excluding carboxylic acids is 1. The van der Waals surface area contributed by atoms with Crippen LogP contribution in [-0.4, -0.2) is 15.5 Å². The summed E-state index contributed by atoms with van der Waals surface area (Å²) in [7, 11) is 0. The molecule has 4 nitrogen and oxygen atoms in total. The first-order valence-corrected chi connectivity index (χ1v) is 11.5. The summed E-state index contributed by atoms with van der Waals surface area (Å²) >= 11 is 0. The Hall–Kier alpha value is -1.84. The molecule has 0 saturated carbocycles. The molecule has 0 fully saturated rings. The number of carbonyl (C=O) groups is 1. The molecule has 1 N–H and O–H groups in total. The molecule has 0 bridgehead atoms. The van der Waals surface area contributed by atoms with E-state index in [1.54, 1.807) is 0 Å². The van der Waals surface area contributed by atoms with Gasteiger partial charge in [-0.15, -0.1) is 0 Å². The van der Waals surface area contributed by atoms with Crippen LogP contribution in [0, 0.1) is 0 Å². The van der Waals surface area contributed by atoms with Crippen LogP contribution >= 0.6 is 0 Å². The number of amides is 1. The molecule has 1 aromatic heterocycles. The number of imidazole rings is 1. The first kappa shape index (κ1) is 22.4. The third-order valence-corrected chi connectivity index (χ3v) is 5.39. The molecule has 0 unspecified atom stereocenters. The van der Waals surface area contributed by atoms with Crippen molar-refractivity contribution in [1.82, 2.24) is 14.9 Å². The summed E-state index contributed by atoms with van der Waals surface area (Å²) in [6.45, 7) is 5.80. The van der Waals surface area contributed by atoms with Crippen molar-refractivity contribution >= 4 is 16.9 Å². The van der Waals surface area contributed by atoms with Gasteiger partial charge in [-0.25, -0.2) is 4.98 Å². The van der Waals surface area contributed by atoms with Crippen LogP contribution in [0.4, 0.5) is 0 Å². The van der Waals surface area contributed by atoms with E-state index in [0.717, 1.165) is 24.3 Å². The molecular weight excluding hydrogens is 346 g/mol. The topological polar surface area (TPSA) is 46.9 Å². The number of unbranched alkanes of at least 4 members (excludes halogenated alkanes) is 9. The Labute approximate surface area is 171 Å². The normalized spacial score (nSPS) is 11.2. The maximum absolute atomic E-state index is 11.8. The lowest BCUT2D eigenvalue weighted by Crippen LogP contribution is -2.24. The molecule has 0 saturated heterocycles. The molecule has 2 aromatic rings. The average Bonchev–Trinajstić information content (AvgIpc) is 3.06. The Kier molecular flexibility index (Phi) is 10.7. The number of hydrogen-bond acceptors (Lipinski definition) is 2. The fourth-order valence-corrected chi connectivity index (χ4v) is 3.76. The highest BCUT2D eigenvalue weighted by Gasteiger charge is 2.11. The van der Waals surface area contributed by atoms with Crippen LogP contribution in [0.25, 0.3) is 11.0 Å². The minimum atomic E-state index is 0.111. The van der Waals surface area contributed by atoms with Crippen molar-refractivity contribution < 1.29 is 4.79 Å². The van der Waals surface area contributed by atoms with Gasteiger partial charge in [0.1, 0.15) is 5.82 Å². The zero-order chi connectivity index (χ0) is 20.0. The largest absolute Gasteiger partial charge is 0.349 e. The Morgan fingerprint density at radius 1 is 0.893 bits per heavy atom. The molecule has 1 amide bonds. The van der Waals surface area contributed by atoms with Gasteiger partial charge in [0.05, 0.1) is 17.6 Å². The second-order valence-corrected chi connectivity index (χ2v) is 7.88. The fraction of sp³-hybridized carbons (Fsp3) is 0.667. The summed E-state index contributed by atoms with van der Waals surface area (Å²) in [6, 6.07) is 8.29. The first-order valence-electron chi connectivity index (χ1n) is 11.5. The summed E-state index contributed by atoms with van der Waals surface area (Å²) in [5, 5.41) is 3.02. The van der Waals surface area contributed by atoms with Gasteiger partial charge in [0.2, 0.25) is 5.91 Å². The number of nitrogens with one attached hydrogen (secondary N) is 1.